The predicted octanol–water partition coefficient (Wildman–Crippen LogP) is 4.80. The molecule has 0 radical (unpaired) electrons. The zero-order chi connectivity index (χ0) is 19.1. The highest BCUT2D eigenvalue weighted by Crippen LogP contribution is 2.31. The third kappa shape index (κ3) is 4.63. The van der Waals surface area contributed by atoms with E-state index in [0.29, 0.717) is 5.92 Å². The highest BCUT2D eigenvalue weighted by Gasteiger charge is 2.14. The first-order valence-electron chi connectivity index (χ1n) is 9.35. The van der Waals surface area contributed by atoms with E-state index in [4.69, 9.17) is 0 Å². The van der Waals surface area contributed by atoms with E-state index in [1.165, 1.54) is 21.9 Å². The molecule has 3 nitrogen and oxygen atoms in total. The average molecular weight is 358 g/mol. The Kier molecular flexibility index (Phi) is 6.39. The van der Waals surface area contributed by atoms with Crippen molar-refractivity contribution in [3.63, 3.8) is 0 Å². The monoisotopic (exact) mass is 357 g/mol. The van der Waals surface area contributed by atoms with Crippen molar-refractivity contribution in [2.24, 2.45) is 5.10 Å². The molecule has 0 aliphatic heterocycles. The quantitative estimate of drug-likeness (QED) is 0.449. The molecule has 2 N–H and O–H groups in total. The predicted molar refractivity (Wildman–Crippen MR) is 117 cm³/mol. The zero-order valence-corrected chi connectivity index (χ0v) is 16.1. The number of benzene rings is 3. The van der Waals surface area contributed by atoms with Gasteiger partial charge in [-0.2, -0.15) is 5.10 Å². The van der Waals surface area contributed by atoms with Crippen molar-refractivity contribution in [3.8, 4) is 0 Å². The second kappa shape index (κ2) is 9.15. The third-order valence-corrected chi connectivity index (χ3v) is 4.89. The molecule has 0 amide bonds. The normalized spacial score (nSPS) is 12.4. The lowest BCUT2D eigenvalue weighted by molar-refractivity contribution is 0.662. The van der Waals surface area contributed by atoms with E-state index in [1.807, 2.05) is 7.05 Å². The topological polar surface area (TPSA) is 36.4 Å². The smallest absolute Gasteiger partial charge is 0.0540 e. The van der Waals surface area contributed by atoms with E-state index in [0.717, 1.165) is 24.1 Å². The van der Waals surface area contributed by atoms with Crippen molar-refractivity contribution in [3.05, 3.63) is 90.0 Å². The van der Waals surface area contributed by atoms with Crippen LogP contribution in [0.15, 0.2) is 78.4 Å². The molecule has 0 heterocycles. The molecule has 0 aromatic heterocycles. The molecule has 3 aromatic carbocycles. The van der Waals surface area contributed by atoms with E-state index in [9.17, 15) is 0 Å². The Morgan fingerprint density at radius 3 is 2.37 bits per heavy atom. The van der Waals surface area contributed by atoms with Crippen molar-refractivity contribution in [2.45, 2.75) is 12.3 Å². The van der Waals surface area contributed by atoms with Crippen molar-refractivity contribution < 1.29 is 0 Å². The molecule has 0 aliphatic carbocycles. The molecule has 3 rings (SSSR count). The fourth-order valence-electron chi connectivity index (χ4n) is 3.39. The molecule has 0 fully saturated rings. The molecule has 0 saturated heterocycles. The summed E-state index contributed by atoms with van der Waals surface area (Å²) in [5, 5.41) is 9.90. The van der Waals surface area contributed by atoms with Crippen LogP contribution in [0.1, 0.15) is 29.0 Å². The van der Waals surface area contributed by atoms with Gasteiger partial charge in [0.25, 0.3) is 0 Å². The lowest BCUT2D eigenvalue weighted by Crippen LogP contribution is -2.13. The first kappa shape index (κ1) is 18.9. The van der Waals surface area contributed by atoms with Crippen LogP contribution in [0.4, 0.5) is 0 Å². The number of hydrogen-bond donors (Lipinski definition) is 2. The minimum absolute atomic E-state index is 0.357. The van der Waals surface area contributed by atoms with Gasteiger partial charge in [-0.15, -0.1) is 0 Å². The fourth-order valence-corrected chi connectivity index (χ4v) is 3.39. The molecule has 1 atom stereocenters. The van der Waals surface area contributed by atoms with Gasteiger partial charge in [-0.3, -0.25) is 0 Å². The Morgan fingerprint density at radius 1 is 0.963 bits per heavy atom. The number of nitrogens with zero attached hydrogens (tertiary/aromatic N) is 1. The van der Waals surface area contributed by atoms with E-state index in [-0.39, 0.29) is 0 Å². The van der Waals surface area contributed by atoms with E-state index in [1.54, 1.807) is 13.3 Å². The van der Waals surface area contributed by atoms with Gasteiger partial charge in [0.2, 0.25) is 0 Å². The molecule has 0 spiro atoms. The molecule has 1 unspecified atom stereocenters. The molecule has 0 bridgehead atoms. The number of hydrogen-bond acceptors (Lipinski definition) is 3. The fraction of sp³-hybridized carbons (Fsp3) is 0.208. The zero-order valence-electron chi connectivity index (χ0n) is 16.1. The summed E-state index contributed by atoms with van der Waals surface area (Å²) in [6.45, 7) is 5.05. The Morgan fingerprint density at radius 2 is 1.67 bits per heavy atom. The summed E-state index contributed by atoms with van der Waals surface area (Å²) in [7, 11) is 3.79. The van der Waals surface area contributed by atoms with Crippen molar-refractivity contribution in [2.75, 3.05) is 20.6 Å². The van der Waals surface area contributed by atoms with Gasteiger partial charge >= 0.3 is 0 Å². The van der Waals surface area contributed by atoms with Crippen LogP contribution in [0, 0.1) is 0 Å². The number of rotatable bonds is 8. The van der Waals surface area contributed by atoms with Gasteiger partial charge in [-0.1, -0.05) is 73.3 Å². The van der Waals surface area contributed by atoms with Gasteiger partial charge in [0.15, 0.2) is 0 Å². The second-order valence-electron chi connectivity index (χ2n) is 6.68. The largest absolute Gasteiger partial charge is 0.320 e. The minimum Gasteiger partial charge on any atom is -0.320 e. The van der Waals surface area contributed by atoms with Crippen LogP contribution in [0.2, 0.25) is 0 Å². The van der Waals surface area contributed by atoms with Crippen LogP contribution in [0.3, 0.4) is 0 Å². The number of allylic oxidation sites excluding steroid dienone is 1. The molecular formula is C24H27N3. The average Bonchev–Trinajstić information content (AvgIpc) is 2.72. The van der Waals surface area contributed by atoms with Crippen LogP contribution >= 0.6 is 0 Å². The Hall–Kier alpha value is -2.91. The first-order valence-corrected chi connectivity index (χ1v) is 9.35. The molecule has 138 valence electrons. The maximum Gasteiger partial charge on any atom is 0.0540 e. The van der Waals surface area contributed by atoms with Gasteiger partial charge in [0, 0.05) is 13.0 Å². The van der Waals surface area contributed by atoms with Gasteiger partial charge in [-0.25, -0.2) is 0 Å². The summed E-state index contributed by atoms with van der Waals surface area (Å²) in [5.74, 6) is 0.357. The van der Waals surface area contributed by atoms with Crippen molar-refractivity contribution in [1.29, 1.82) is 0 Å². The van der Waals surface area contributed by atoms with E-state index < -0.39 is 0 Å². The van der Waals surface area contributed by atoms with Crippen LogP contribution in [0.5, 0.6) is 0 Å². The van der Waals surface area contributed by atoms with E-state index in [2.05, 4.69) is 89.2 Å². The summed E-state index contributed by atoms with van der Waals surface area (Å²) in [5.41, 5.74) is 7.42. The molecule has 0 aliphatic rings. The lowest BCUT2D eigenvalue weighted by Gasteiger charge is -2.19. The first-order chi connectivity index (χ1) is 13.2. The standard InChI is InChI=1S/C24H27N3/c1-18(17-27-26-3)19-8-11-21(12-9-19)24(14-15-25-2)23-13-10-20-6-4-5-7-22(20)16-23/h4-13,16-17,24-26H,1,14-15H2,2-3H3/b27-17-. The van der Waals surface area contributed by atoms with Crippen LogP contribution in [-0.4, -0.2) is 26.9 Å². The van der Waals surface area contributed by atoms with Crippen LogP contribution in [-0.2, 0) is 0 Å². The van der Waals surface area contributed by atoms with Crippen LogP contribution in [0.25, 0.3) is 16.3 Å². The second-order valence-corrected chi connectivity index (χ2v) is 6.68. The highest BCUT2D eigenvalue weighted by molar-refractivity contribution is 6.08. The van der Waals surface area contributed by atoms with Gasteiger partial charge in [0.1, 0.15) is 0 Å². The minimum atomic E-state index is 0.357. The van der Waals surface area contributed by atoms with Crippen molar-refractivity contribution >= 4 is 22.6 Å². The summed E-state index contributed by atoms with van der Waals surface area (Å²) in [6, 6.07) is 24.0. The van der Waals surface area contributed by atoms with Crippen molar-refractivity contribution in [1.82, 2.24) is 10.7 Å². The molecule has 27 heavy (non-hydrogen) atoms. The Labute approximate surface area is 161 Å². The molecule has 3 aromatic rings. The maximum absolute atomic E-state index is 4.08. The lowest BCUT2D eigenvalue weighted by atomic mass is 9.86. The summed E-state index contributed by atoms with van der Waals surface area (Å²) in [4.78, 5) is 0. The van der Waals surface area contributed by atoms with Gasteiger partial charge in [0.05, 0.1) is 6.21 Å². The molecule has 0 saturated carbocycles. The summed E-state index contributed by atoms with van der Waals surface area (Å²) >= 11 is 0. The summed E-state index contributed by atoms with van der Waals surface area (Å²) < 4.78 is 0. The Bertz CT molecular complexity index is 926. The van der Waals surface area contributed by atoms with Crippen LogP contribution < -0.4 is 10.7 Å². The maximum atomic E-state index is 4.08. The van der Waals surface area contributed by atoms with Gasteiger partial charge in [-0.05, 0) is 53.0 Å². The van der Waals surface area contributed by atoms with E-state index >= 15 is 0 Å². The number of nitrogens with one attached hydrogen (secondary N) is 2. The van der Waals surface area contributed by atoms with Gasteiger partial charge < -0.3 is 10.7 Å². The molecule has 3 heteroatoms. The highest BCUT2D eigenvalue weighted by atomic mass is 15.3. The molecular weight excluding hydrogens is 330 g/mol. The number of hydrazone groups is 1. The SMILES string of the molecule is C=C(/C=N\NC)c1ccc(C(CCNC)c2ccc3ccccc3c2)cc1. The third-order valence-electron chi connectivity index (χ3n) is 4.89. The Balaban J connectivity index is 1.91. The number of fused-ring (bicyclic) bond motifs is 1. The summed E-state index contributed by atoms with van der Waals surface area (Å²) in [6.07, 6.45) is 2.80.